The molecule has 1 saturated heterocycles. The van der Waals surface area contributed by atoms with Gasteiger partial charge in [-0.1, -0.05) is 36.2 Å². The molecular weight excluding hydrogens is 259 g/mol. The summed E-state index contributed by atoms with van der Waals surface area (Å²) in [6.07, 6.45) is 0. The second-order valence-corrected chi connectivity index (χ2v) is 5.14. The number of carbonyl (C=O) groups excluding carboxylic acids is 1. The Kier molecular flexibility index (Phi) is 3.92. The van der Waals surface area contributed by atoms with E-state index in [0.717, 1.165) is 6.54 Å². The Bertz CT molecular complexity index is 416. The first-order valence-corrected chi connectivity index (χ1v) is 6.30. The van der Waals surface area contributed by atoms with Crippen LogP contribution in [-0.2, 0) is 4.79 Å². The van der Waals surface area contributed by atoms with Crippen molar-refractivity contribution in [3.05, 3.63) is 28.2 Å². The van der Waals surface area contributed by atoms with Gasteiger partial charge in [0, 0.05) is 6.54 Å². The summed E-state index contributed by atoms with van der Waals surface area (Å²) in [6.45, 7) is 3.63. The van der Waals surface area contributed by atoms with Crippen LogP contribution in [0.3, 0.4) is 0 Å². The molecule has 2 N–H and O–H groups in total. The summed E-state index contributed by atoms with van der Waals surface area (Å²) in [5.41, 5.74) is 0.500. The van der Waals surface area contributed by atoms with Crippen LogP contribution in [0.2, 0.25) is 10.0 Å². The highest BCUT2D eigenvalue weighted by atomic mass is 35.5. The van der Waals surface area contributed by atoms with Gasteiger partial charge < -0.3 is 10.6 Å². The first-order valence-electron chi connectivity index (χ1n) is 5.55. The monoisotopic (exact) mass is 272 g/mol. The van der Waals surface area contributed by atoms with Crippen molar-refractivity contribution in [2.75, 3.05) is 18.4 Å². The highest BCUT2D eigenvalue weighted by Gasteiger charge is 2.30. The topological polar surface area (TPSA) is 41.1 Å². The Balaban J connectivity index is 2.13. The Morgan fingerprint density at radius 2 is 2.00 bits per heavy atom. The van der Waals surface area contributed by atoms with Crippen molar-refractivity contribution >= 4 is 34.8 Å². The zero-order chi connectivity index (χ0) is 12.4. The Morgan fingerprint density at radius 1 is 1.35 bits per heavy atom. The number of anilines is 1. The summed E-state index contributed by atoms with van der Waals surface area (Å²) in [7, 11) is 0. The predicted octanol–water partition coefficient (Wildman–Crippen LogP) is 2.79. The van der Waals surface area contributed by atoms with Crippen molar-refractivity contribution in [2.24, 2.45) is 11.8 Å². The quantitative estimate of drug-likeness (QED) is 0.870. The normalized spacial score (nSPS) is 23.7. The van der Waals surface area contributed by atoms with Gasteiger partial charge in [-0.05, 0) is 24.6 Å². The molecule has 5 heteroatoms. The van der Waals surface area contributed by atoms with Crippen molar-refractivity contribution in [3.63, 3.8) is 0 Å². The molecule has 92 valence electrons. The van der Waals surface area contributed by atoms with Crippen LogP contribution in [0.1, 0.15) is 6.92 Å². The molecule has 0 saturated carbocycles. The zero-order valence-electron chi connectivity index (χ0n) is 9.47. The van der Waals surface area contributed by atoms with E-state index in [-0.39, 0.29) is 11.8 Å². The number of carbonyl (C=O) groups is 1. The van der Waals surface area contributed by atoms with Gasteiger partial charge in [0.05, 0.1) is 21.7 Å². The molecule has 0 spiro atoms. The second kappa shape index (κ2) is 5.25. The van der Waals surface area contributed by atoms with Gasteiger partial charge in [-0.25, -0.2) is 0 Å². The van der Waals surface area contributed by atoms with E-state index in [9.17, 15) is 4.79 Å². The van der Waals surface area contributed by atoms with Crippen molar-refractivity contribution in [2.45, 2.75) is 6.92 Å². The van der Waals surface area contributed by atoms with Crippen molar-refractivity contribution in [3.8, 4) is 0 Å². The number of rotatable bonds is 2. The molecule has 1 amide bonds. The summed E-state index contributed by atoms with van der Waals surface area (Å²) in [5, 5.41) is 6.92. The molecule has 0 aliphatic carbocycles. The third kappa shape index (κ3) is 2.73. The van der Waals surface area contributed by atoms with Gasteiger partial charge in [-0.15, -0.1) is 0 Å². The Hall–Kier alpha value is -0.770. The minimum Gasteiger partial charge on any atom is -0.323 e. The maximum absolute atomic E-state index is 12.1. The average Bonchev–Trinajstić information content (AvgIpc) is 2.70. The summed E-state index contributed by atoms with van der Waals surface area (Å²) >= 11 is 12.0. The van der Waals surface area contributed by atoms with E-state index in [1.165, 1.54) is 0 Å². The average molecular weight is 273 g/mol. The molecule has 1 aromatic carbocycles. The minimum atomic E-state index is -0.0301. The van der Waals surface area contributed by atoms with Crippen LogP contribution in [0.25, 0.3) is 0 Å². The molecule has 1 heterocycles. The molecule has 17 heavy (non-hydrogen) atoms. The first kappa shape index (κ1) is 12.7. The van der Waals surface area contributed by atoms with Crippen LogP contribution in [0.15, 0.2) is 18.2 Å². The molecule has 2 rings (SSSR count). The van der Waals surface area contributed by atoms with Crippen LogP contribution in [0, 0.1) is 11.8 Å². The van der Waals surface area contributed by atoms with E-state index in [1.807, 2.05) is 0 Å². The van der Waals surface area contributed by atoms with Gasteiger partial charge >= 0.3 is 0 Å². The standard InChI is InChI=1S/C12H14Cl2N2O/c1-7-5-15-6-8(7)12(17)16-11-9(13)3-2-4-10(11)14/h2-4,7-8,15H,5-6H2,1H3,(H,16,17). The van der Waals surface area contributed by atoms with Crippen LogP contribution in [-0.4, -0.2) is 19.0 Å². The molecule has 2 unspecified atom stereocenters. The second-order valence-electron chi connectivity index (χ2n) is 4.33. The van der Waals surface area contributed by atoms with Crippen molar-refractivity contribution in [1.29, 1.82) is 0 Å². The molecule has 0 radical (unpaired) electrons. The summed E-state index contributed by atoms with van der Waals surface area (Å²) < 4.78 is 0. The van der Waals surface area contributed by atoms with Gasteiger partial charge in [0.15, 0.2) is 0 Å². The largest absolute Gasteiger partial charge is 0.323 e. The summed E-state index contributed by atoms with van der Waals surface area (Å²) in [6, 6.07) is 5.17. The number of para-hydroxylation sites is 1. The molecule has 0 aromatic heterocycles. The van der Waals surface area contributed by atoms with Gasteiger partial charge in [0.1, 0.15) is 0 Å². The number of hydrogen-bond acceptors (Lipinski definition) is 2. The highest BCUT2D eigenvalue weighted by Crippen LogP contribution is 2.30. The molecule has 2 atom stereocenters. The zero-order valence-corrected chi connectivity index (χ0v) is 11.0. The third-order valence-corrected chi connectivity index (χ3v) is 3.70. The van der Waals surface area contributed by atoms with E-state index in [0.29, 0.717) is 28.2 Å². The lowest BCUT2D eigenvalue weighted by atomic mass is 9.97. The Labute approximate surface area is 110 Å². The van der Waals surface area contributed by atoms with E-state index >= 15 is 0 Å². The lowest BCUT2D eigenvalue weighted by Crippen LogP contribution is -2.28. The van der Waals surface area contributed by atoms with E-state index < -0.39 is 0 Å². The smallest absolute Gasteiger partial charge is 0.229 e. The van der Waals surface area contributed by atoms with Crippen molar-refractivity contribution in [1.82, 2.24) is 5.32 Å². The SMILES string of the molecule is CC1CNCC1C(=O)Nc1c(Cl)cccc1Cl. The van der Waals surface area contributed by atoms with Crippen LogP contribution in [0.5, 0.6) is 0 Å². The van der Waals surface area contributed by atoms with Gasteiger partial charge in [0.2, 0.25) is 5.91 Å². The van der Waals surface area contributed by atoms with E-state index in [4.69, 9.17) is 23.2 Å². The fourth-order valence-corrected chi connectivity index (χ4v) is 2.49. The lowest BCUT2D eigenvalue weighted by molar-refractivity contribution is -0.120. The number of halogens is 2. The number of amides is 1. The molecule has 1 aliphatic rings. The van der Waals surface area contributed by atoms with Crippen LogP contribution >= 0.6 is 23.2 Å². The molecular formula is C12H14Cl2N2O. The van der Waals surface area contributed by atoms with E-state index in [2.05, 4.69) is 17.6 Å². The highest BCUT2D eigenvalue weighted by molar-refractivity contribution is 6.39. The molecule has 1 fully saturated rings. The maximum Gasteiger partial charge on any atom is 0.229 e. The summed E-state index contributed by atoms with van der Waals surface area (Å²) in [5.74, 6) is 0.274. The third-order valence-electron chi connectivity index (χ3n) is 3.07. The van der Waals surface area contributed by atoms with Crippen LogP contribution < -0.4 is 10.6 Å². The number of nitrogens with one attached hydrogen (secondary N) is 2. The lowest BCUT2D eigenvalue weighted by Gasteiger charge is -2.15. The number of hydrogen-bond donors (Lipinski definition) is 2. The number of benzene rings is 1. The minimum absolute atomic E-state index is 0.0256. The first-order chi connectivity index (χ1) is 8.09. The molecule has 0 bridgehead atoms. The predicted molar refractivity (Wildman–Crippen MR) is 70.6 cm³/mol. The van der Waals surface area contributed by atoms with E-state index in [1.54, 1.807) is 18.2 Å². The fourth-order valence-electron chi connectivity index (χ4n) is 1.99. The molecule has 3 nitrogen and oxygen atoms in total. The van der Waals surface area contributed by atoms with Crippen LogP contribution in [0.4, 0.5) is 5.69 Å². The van der Waals surface area contributed by atoms with Gasteiger partial charge in [0.25, 0.3) is 0 Å². The maximum atomic E-state index is 12.1. The molecule has 1 aliphatic heterocycles. The fraction of sp³-hybridized carbons (Fsp3) is 0.417. The molecule has 1 aromatic rings. The summed E-state index contributed by atoms with van der Waals surface area (Å²) in [4.78, 5) is 12.1. The van der Waals surface area contributed by atoms with Crippen molar-refractivity contribution < 1.29 is 4.79 Å². The van der Waals surface area contributed by atoms with Gasteiger partial charge in [-0.3, -0.25) is 4.79 Å². The van der Waals surface area contributed by atoms with Gasteiger partial charge in [-0.2, -0.15) is 0 Å². The Morgan fingerprint density at radius 3 is 2.53 bits per heavy atom.